The number of amides is 1. The second kappa shape index (κ2) is 8.20. The monoisotopic (exact) mass is 294 g/mol. The van der Waals surface area contributed by atoms with Crippen molar-refractivity contribution in [2.24, 2.45) is 5.73 Å². The molecule has 0 bridgehead atoms. The molecule has 5 nitrogen and oxygen atoms in total. The van der Waals surface area contributed by atoms with Crippen molar-refractivity contribution in [1.29, 1.82) is 0 Å². The average Bonchev–Trinajstić information content (AvgIpc) is 2.98. The van der Waals surface area contributed by atoms with Crippen LogP contribution in [0.2, 0.25) is 0 Å². The Kier molecular flexibility index (Phi) is 6.26. The zero-order valence-electron chi connectivity index (χ0n) is 12.8. The number of nitrogens with two attached hydrogens (primary N) is 1. The molecule has 5 heteroatoms. The van der Waals surface area contributed by atoms with Gasteiger partial charge >= 0.3 is 0 Å². The molecule has 118 valence electrons. The molecule has 0 radical (unpaired) electrons. The first-order valence-corrected chi connectivity index (χ1v) is 7.93. The maximum Gasteiger partial charge on any atom is 0.286 e. The van der Waals surface area contributed by atoms with E-state index in [0.717, 1.165) is 44.3 Å². The predicted octanol–water partition coefficient (Wildman–Crippen LogP) is 2.25. The summed E-state index contributed by atoms with van der Waals surface area (Å²) in [5, 5.41) is 2.85. The minimum absolute atomic E-state index is 0.154. The lowest BCUT2D eigenvalue weighted by molar-refractivity contribution is 0.0241. The third kappa shape index (κ3) is 5.17. The molecule has 1 fully saturated rings. The van der Waals surface area contributed by atoms with E-state index in [0.29, 0.717) is 31.1 Å². The van der Waals surface area contributed by atoms with Gasteiger partial charge in [-0.05, 0) is 44.2 Å². The van der Waals surface area contributed by atoms with Crippen LogP contribution in [-0.2, 0) is 11.2 Å². The van der Waals surface area contributed by atoms with Gasteiger partial charge < -0.3 is 20.2 Å². The van der Waals surface area contributed by atoms with Crippen molar-refractivity contribution in [2.75, 3.05) is 13.2 Å². The van der Waals surface area contributed by atoms with Gasteiger partial charge in [-0.1, -0.05) is 6.92 Å². The Morgan fingerprint density at radius 2 is 2.14 bits per heavy atom. The summed E-state index contributed by atoms with van der Waals surface area (Å²) in [4.78, 5) is 11.8. The van der Waals surface area contributed by atoms with Gasteiger partial charge in [0.1, 0.15) is 5.76 Å². The number of rotatable bonds is 7. The molecule has 21 heavy (non-hydrogen) atoms. The lowest BCUT2D eigenvalue weighted by Crippen LogP contribution is -2.31. The maximum atomic E-state index is 11.8. The van der Waals surface area contributed by atoms with Gasteiger partial charge in [-0.25, -0.2) is 0 Å². The third-order valence-corrected chi connectivity index (χ3v) is 3.91. The van der Waals surface area contributed by atoms with Crippen LogP contribution in [0, 0.1) is 0 Å². The van der Waals surface area contributed by atoms with E-state index in [1.165, 1.54) is 0 Å². The standard InChI is InChI=1S/C16H26N2O3/c1-2-13-8-9-15(21-13)16(19)18-10-3-11-20-14-6-4-12(17)5-7-14/h8-9,12,14H,2-7,10-11,17H2,1H3,(H,18,19). The number of carbonyl (C=O) groups excluding carboxylic acids is 1. The Balaban J connectivity index is 1.56. The molecule has 3 N–H and O–H groups in total. The van der Waals surface area contributed by atoms with E-state index in [9.17, 15) is 4.79 Å². The molecule has 0 aromatic carbocycles. The fraction of sp³-hybridized carbons (Fsp3) is 0.688. The molecule has 1 aromatic heterocycles. The van der Waals surface area contributed by atoms with Gasteiger partial charge in [0.25, 0.3) is 5.91 Å². The molecule has 1 saturated carbocycles. The van der Waals surface area contributed by atoms with Crippen LogP contribution >= 0.6 is 0 Å². The highest BCUT2D eigenvalue weighted by Crippen LogP contribution is 2.19. The van der Waals surface area contributed by atoms with E-state index in [-0.39, 0.29) is 5.91 Å². The van der Waals surface area contributed by atoms with Gasteiger partial charge in [0.15, 0.2) is 5.76 Å². The van der Waals surface area contributed by atoms with Gasteiger partial charge in [0, 0.05) is 25.6 Å². The van der Waals surface area contributed by atoms with Crippen LogP contribution in [0.4, 0.5) is 0 Å². The van der Waals surface area contributed by atoms with Crippen molar-refractivity contribution in [1.82, 2.24) is 5.32 Å². The molecule has 1 heterocycles. The van der Waals surface area contributed by atoms with Gasteiger partial charge in [0.05, 0.1) is 6.10 Å². The van der Waals surface area contributed by atoms with E-state index in [1.807, 2.05) is 13.0 Å². The summed E-state index contributed by atoms with van der Waals surface area (Å²) in [6.07, 6.45) is 6.18. The lowest BCUT2D eigenvalue weighted by atomic mass is 9.94. The topological polar surface area (TPSA) is 77.5 Å². The summed E-state index contributed by atoms with van der Waals surface area (Å²) in [6.45, 7) is 3.28. The van der Waals surface area contributed by atoms with Crippen LogP contribution in [0.15, 0.2) is 16.5 Å². The molecule has 0 atom stereocenters. The van der Waals surface area contributed by atoms with E-state index >= 15 is 0 Å². The molecule has 0 aliphatic heterocycles. The van der Waals surface area contributed by atoms with Gasteiger partial charge in [-0.3, -0.25) is 4.79 Å². The number of ether oxygens (including phenoxy) is 1. The molecule has 1 aromatic rings. The van der Waals surface area contributed by atoms with Gasteiger partial charge in [-0.2, -0.15) is 0 Å². The molecular formula is C16H26N2O3. The highest BCUT2D eigenvalue weighted by Gasteiger charge is 2.18. The van der Waals surface area contributed by atoms with Crippen LogP contribution in [0.5, 0.6) is 0 Å². The SMILES string of the molecule is CCc1ccc(C(=O)NCCCOC2CCC(N)CC2)o1. The Hall–Kier alpha value is -1.33. The van der Waals surface area contributed by atoms with Gasteiger partial charge in [-0.15, -0.1) is 0 Å². The molecule has 0 saturated heterocycles. The molecule has 0 unspecified atom stereocenters. The molecule has 1 aliphatic carbocycles. The second-order valence-electron chi connectivity index (χ2n) is 5.64. The zero-order valence-corrected chi connectivity index (χ0v) is 12.8. The molecular weight excluding hydrogens is 268 g/mol. The minimum Gasteiger partial charge on any atom is -0.456 e. The summed E-state index contributed by atoms with van der Waals surface area (Å²) in [5.74, 6) is 1.06. The predicted molar refractivity (Wildman–Crippen MR) is 81.2 cm³/mol. The highest BCUT2D eigenvalue weighted by atomic mass is 16.5. The van der Waals surface area contributed by atoms with Crippen molar-refractivity contribution in [3.63, 3.8) is 0 Å². The summed E-state index contributed by atoms with van der Waals surface area (Å²) < 4.78 is 11.2. The van der Waals surface area contributed by atoms with E-state index in [4.69, 9.17) is 14.9 Å². The third-order valence-electron chi connectivity index (χ3n) is 3.91. The highest BCUT2D eigenvalue weighted by molar-refractivity contribution is 5.91. The maximum absolute atomic E-state index is 11.8. The van der Waals surface area contributed by atoms with Crippen molar-refractivity contribution in [3.8, 4) is 0 Å². The van der Waals surface area contributed by atoms with E-state index in [1.54, 1.807) is 6.07 Å². The van der Waals surface area contributed by atoms with Crippen LogP contribution in [0.25, 0.3) is 0 Å². The number of aryl methyl sites for hydroxylation is 1. The van der Waals surface area contributed by atoms with Crippen molar-refractivity contribution in [2.45, 2.75) is 57.6 Å². The Bertz CT molecular complexity index is 436. The summed E-state index contributed by atoms with van der Waals surface area (Å²) >= 11 is 0. The second-order valence-corrected chi connectivity index (χ2v) is 5.64. The molecule has 1 amide bonds. The van der Waals surface area contributed by atoms with Crippen LogP contribution in [-0.4, -0.2) is 31.2 Å². The number of carbonyl (C=O) groups is 1. The average molecular weight is 294 g/mol. The molecule has 1 aliphatic rings. The first-order chi connectivity index (χ1) is 10.2. The van der Waals surface area contributed by atoms with Gasteiger partial charge in [0.2, 0.25) is 0 Å². The van der Waals surface area contributed by atoms with Crippen molar-refractivity contribution in [3.05, 3.63) is 23.7 Å². The van der Waals surface area contributed by atoms with E-state index in [2.05, 4.69) is 5.32 Å². The van der Waals surface area contributed by atoms with Crippen LogP contribution in [0.1, 0.15) is 55.3 Å². The fourth-order valence-corrected chi connectivity index (χ4v) is 2.56. The smallest absolute Gasteiger partial charge is 0.286 e. The first kappa shape index (κ1) is 16.0. The van der Waals surface area contributed by atoms with Crippen molar-refractivity contribution < 1.29 is 13.9 Å². The number of nitrogens with one attached hydrogen (secondary N) is 1. The molecule has 2 rings (SSSR count). The first-order valence-electron chi connectivity index (χ1n) is 7.93. The summed E-state index contributed by atoms with van der Waals surface area (Å²) in [7, 11) is 0. The van der Waals surface area contributed by atoms with Crippen LogP contribution < -0.4 is 11.1 Å². The number of furan rings is 1. The largest absolute Gasteiger partial charge is 0.456 e. The fourth-order valence-electron chi connectivity index (χ4n) is 2.56. The normalized spacial score (nSPS) is 22.2. The number of hydrogen-bond acceptors (Lipinski definition) is 4. The Morgan fingerprint density at radius 1 is 1.38 bits per heavy atom. The van der Waals surface area contributed by atoms with Crippen LogP contribution in [0.3, 0.4) is 0 Å². The lowest BCUT2D eigenvalue weighted by Gasteiger charge is -2.26. The number of hydrogen-bond donors (Lipinski definition) is 2. The summed E-state index contributed by atoms with van der Waals surface area (Å²) in [5.41, 5.74) is 5.86. The Morgan fingerprint density at radius 3 is 2.81 bits per heavy atom. The van der Waals surface area contributed by atoms with Crippen molar-refractivity contribution >= 4 is 5.91 Å². The molecule has 0 spiro atoms. The van der Waals surface area contributed by atoms with E-state index < -0.39 is 0 Å². The Labute approximate surface area is 126 Å². The summed E-state index contributed by atoms with van der Waals surface area (Å²) in [6, 6.07) is 3.91. The minimum atomic E-state index is -0.154. The quantitative estimate of drug-likeness (QED) is 0.756. The zero-order chi connectivity index (χ0) is 15.1.